The van der Waals surface area contributed by atoms with E-state index in [0.717, 1.165) is 18.5 Å². The minimum absolute atomic E-state index is 0.0407. The van der Waals surface area contributed by atoms with Crippen molar-refractivity contribution in [3.8, 4) is 11.5 Å². The average Bonchev–Trinajstić information content (AvgIpc) is 3.18. The van der Waals surface area contributed by atoms with Gasteiger partial charge in [0.1, 0.15) is 22.6 Å². The van der Waals surface area contributed by atoms with Crippen LogP contribution in [0.5, 0.6) is 11.5 Å². The molecule has 2 atom stereocenters. The minimum Gasteiger partial charge on any atom is -0.507 e. The number of methoxy groups -OCH3 is 1. The number of hydrogen-bond acceptors (Lipinski definition) is 8. The Balaban J connectivity index is 0.000000220. The molecule has 0 bridgehead atoms. The Labute approximate surface area is 310 Å². The van der Waals surface area contributed by atoms with Crippen LogP contribution in [0.3, 0.4) is 0 Å². The third-order valence-electron chi connectivity index (χ3n) is 9.77. The summed E-state index contributed by atoms with van der Waals surface area (Å²) in [6.07, 6.45) is 3.37. The Morgan fingerprint density at radius 1 is 0.736 bits per heavy atom. The standard InChI is InChI=1S/C23H16O6.C14H19NO2.C6H15N/c24-20-16(14-7-3-1-5-12(14)9-18(20)22(26)27)11-17-15-8-4-2-6-13(15)10-19(21(17)25)23(28)29;1-17-14(16)13(11-7-3-2-4-8-11)12-9-5-6-10-15-12;1-4-7(5-2)6-3/h1-10,24-25H,11H2,(H,26,27)(H,28,29);2-4,7-8,12-13,15H,5-6,9-10H2,1H3;4-6H2,1-3H3/t;12-,13+;/m.0./s1. The lowest BCUT2D eigenvalue weighted by Gasteiger charge is -2.29. The van der Waals surface area contributed by atoms with E-state index in [1.165, 1.54) is 51.7 Å². The third kappa shape index (κ3) is 9.91. The maximum atomic E-state index is 11.9. The largest absolute Gasteiger partial charge is 0.507 e. The highest BCUT2D eigenvalue weighted by Gasteiger charge is 2.31. The molecular formula is C43H50N2O8. The molecule has 0 radical (unpaired) electrons. The summed E-state index contributed by atoms with van der Waals surface area (Å²) in [6.45, 7) is 11.1. The number of carboxylic acids is 2. The molecule has 0 aromatic heterocycles. The van der Waals surface area contributed by atoms with Gasteiger partial charge in [-0.3, -0.25) is 4.79 Å². The van der Waals surface area contributed by atoms with Gasteiger partial charge in [0.15, 0.2) is 0 Å². The van der Waals surface area contributed by atoms with Gasteiger partial charge < -0.3 is 35.4 Å². The molecular weight excluding hydrogens is 672 g/mol. The van der Waals surface area contributed by atoms with E-state index in [2.05, 4.69) is 31.0 Å². The van der Waals surface area contributed by atoms with Crippen LogP contribution in [0.15, 0.2) is 91.0 Å². The van der Waals surface area contributed by atoms with Crippen LogP contribution in [0.25, 0.3) is 21.5 Å². The molecule has 1 saturated heterocycles. The lowest BCUT2D eigenvalue weighted by Crippen LogP contribution is -2.42. The molecule has 0 amide bonds. The number of carbonyl (C=O) groups excluding carboxylic acids is 1. The van der Waals surface area contributed by atoms with Crippen LogP contribution < -0.4 is 5.32 Å². The number of phenols is 2. The van der Waals surface area contributed by atoms with E-state index in [0.29, 0.717) is 32.7 Å². The minimum atomic E-state index is -1.28. The quantitative estimate of drug-likeness (QED) is 0.0901. The molecule has 5 N–H and O–H groups in total. The van der Waals surface area contributed by atoms with Crippen molar-refractivity contribution in [1.82, 2.24) is 10.2 Å². The fourth-order valence-electron chi connectivity index (χ4n) is 6.84. The fourth-order valence-corrected chi connectivity index (χ4v) is 6.84. The molecule has 5 aromatic rings. The van der Waals surface area contributed by atoms with Crippen LogP contribution >= 0.6 is 0 Å². The van der Waals surface area contributed by atoms with Crippen LogP contribution in [0.4, 0.5) is 0 Å². The summed E-state index contributed by atoms with van der Waals surface area (Å²) in [5.74, 6) is -3.68. The molecule has 10 nitrogen and oxygen atoms in total. The Kier molecular flexibility index (Phi) is 14.8. The number of aromatic hydroxyl groups is 2. The van der Waals surface area contributed by atoms with E-state index in [9.17, 15) is 34.8 Å². The fraction of sp³-hybridized carbons (Fsp3) is 0.326. The van der Waals surface area contributed by atoms with E-state index < -0.39 is 23.4 Å². The summed E-state index contributed by atoms with van der Waals surface area (Å²) in [5, 5.41) is 46.2. The van der Waals surface area contributed by atoms with E-state index in [1.807, 2.05) is 30.3 Å². The Morgan fingerprint density at radius 3 is 1.60 bits per heavy atom. The molecule has 0 aliphatic carbocycles. The van der Waals surface area contributed by atoms with Gasteiger partial charge in [-0.15, -0.1) is 0 Å². The van der Waals surface area contributed by atoms with Crippen molar-refractivity contribution in [2.75, 3.05) is 33.3 Å². The predicted octanol–water partition coefficient (Wildman–Crippen LogP) is 7.82. The van der Waals surface area contributed by atoms with Crippen molar-refractivity contribution >= 4 is 39.5 Å². The molecule has 1 heterocycles. The summed E-state index contributed by atoms with van der Waals surface area (Å²) in [4.78, 5) is 37.5. The second-order valence-electron chi connectivity index (χ2n) is 12.8. The molecule has 1 aliphatic heterocycles. The number of nitrogens with one attached hydrogen (secondary N) is 1. The number of piperidine rings is 1. The van der Waals surface area contributed by atoms with E-state index in [4.69, 9.17) is 4.74 Å². The van der Waals surface area contributed by atoms with Crippen molar-refractivity contribution in [1.29, 1.82) is 0 Å². The van der Waals surface area contributed by atoms with Gasteiger partial charge in [-0.2, -0.15) is 0 Å². The number of carbonyl (C=O) groups is 3. The van der Waals surface area contributed by atoms with Crippen LogP contribution in [0.1, 0.15) is 83.4 Å². The monoisotopic (exact) mass is 722 g/mol. The number of ether oxygens (including phenoxy) is 1. The third-order valence-corrected chi connectivity index (χ3v) is 9.77. The molecule has 6 rings (SSSR count). The highest BCUT2D eigenvalue weighted by Crippen LogP contribution is 2.39. The Bertz CT molecular complexity index is 1900. The Morgan fingerprint density at radius 2 is 1.21 bits per heavy atom. The maximum absolute atomic E-state index is 11.9. The molecule has 280 valence electrons. The molecule has 10 heteroatoms. The van der Waals surface area contributed by atoms with Gasteiger partial charge in [-0.05, 0) is 78.3 Å². The molecule has 0 unspecified atom stereocenters. The molecule has 53 heavy (non-hydrogen) atoms. The zero-order chi connectivity index (χ0) is 38.5. The summed E-state index contributed by atoms with van der Waals surface area (Å²) >= 11 is 0. The zero-order valence-electron chi connectivity index (χ0n) is 30.8. The number of rotatable bonds is 10. The normalized spacial score (nSPS) is 14.4. The summed E-state index contributed by atoms with van der Waals surface area (Å²) in [5.41, 5.74) is 1.15. The number of carboxylic acid groups (broad SMARTS) is 2. The first-order chi connectivity index (χ1) is 25.6. The van der Waals surface area contributed by atoms with E-state index in [1.54, 1.807) is 48.5 Å². The van der Waals surface area contributed by atoms with E-state index in [-0.39, 0.29) is 35.5 Å². The Hall–Kier alpha value is -5.45. The van der Waals surface area contributed by atoms with Gasteiger partial charge in [0.05, 0.1) is 13.0 Å². The smallest absolute Gasteiger partial charge is 0.339 e. The van der Waals surface area contributed by atoms with Crippen molar-refractivity contribution < 1.29 is 39.5 Å². The van der Waals surface area contributed by atoms with Crippen molar-refractivity contribution in [3.05, 3.63) is 119 Å². The van der Waals surface area contributed by atoms with Crippen LogP contribution in [0.2, 0.25) is 0 Å². The van der Waals surface area contributed by atoms with Gasteiger partial charge in [-0.1, -0.05) is 106 Å². The topological polar surface area (TPSA) is 157 Å². The number of esters is 1. The lowest BCUT2D eigenvalue weighted by molar-refractivity contribution is -0.143. The highest BCUT2D eigenvalue weighted by atomic mass is 16.5. The van der Waals surface area contributed by atoms with Gasteiger partial charge >= 0.3 is 17.9 Å². The van der Waals surface area contributed by atoms with E-state index >= 15 is 0 Å². The lowest BCUT2D eigenvalue weighted by atomic mass is 9.86. The second kappa shape index (κ2) is 19.4. The molecule has 5 aromatic carbocycles. The summed E-state index contributed by atoms with van der Waals surface area (Å²) in [6, 6.07) is 26.9. The summed E-state index contributed by atoms with van der Waals surface area (Å²) in [7, 11) is 1.46. The number of aromatic carboxylic acids is 2. The molecule has 0 spiro atoms. The molecule has 0 saturated carbocycles. The summed E-state index contributed by atoms with van der Waals surface area (Å²) < 4.78 is 4.94. The molecule has 1 aliphatic rings. The van der Waals surface area contributed by atoms with Crippen molar-refractivity contribution in [2.45, 2.75) is 58.4 Å². The first kappa shape index (κ1) is 40.3. The first-order valence-corrected chi connectivity index (χ1v) is 18.1. The second-order valence-corrected chi connectivity index (χ2v) is 12.8. The number of nitrogens with zero attached hydrogens (tertiary/aromatic N) is 1. The maximum Gasteiger partial charge on any atom is 0.339 e. The van der Waals surface area contributed by atoms with Gasteiger partial charge in [0, 0.05) is 23.6 Å². The van der Waals surface area contributed by atoms with Crippen molar-refractivity contribution in [3.63, 3.8) is 0 Å². The molecule has 1 fully saturated rings. The van der Waals surface area contributed by atoms with Gasteiger partial charge in [0.25, 0.3) is 0 Å². The first-order valence-electron chi connectivity index (χ1n) is 18.1. The SMILES string of the molecule is CCN(CC)CC.COC(=O)[C@H](c1ccccc1)[C@@H]1CCCCN1.O=C(O)c1cc2ccccc2c(Cc2c(O)c(C(=O)O)cc3ccccc23)c1O. The number of benzene rings is 5. The van der Waals surface area contributed by atoms with Crippen LogP contribution in [-0.4, -0.2) is 82.6 Å². The average molecular weight is 723 g/mol. The van der Waals surface area contributed by atoms with Crippen LogP contribution in [-0.2, 0) is 16.0 Å². The van der Waals surface area contributed by atoms with Gasteiger partial charge in [-0.25, -0.2) is 9.59 Å². The van der Waals surface area contributed by atoms with Crippen molar-refractivity contribution in [2.24, 2.45) is 0 Å². The number of hydrogen-bond donors (Lipinski definition) is 5. The zero-order valence-corrected chi connectivity index (χ0v) is 30.8. The number of fused-ring (bicyclic) bond motifs is 2. The van der Waals surface area contributed by atoms with Crippen LogP contribution in [0, 0.1) is 0 Å². The predicted molar refractivity (Wildman–Crippen MR) is 208 cm³/mol. The van der Waals surface area contributed by atoms with Gasteiger partial charge in [0.2, 0.25) is 0 Å². The highest BCUT2D eigenvalue weighted by molar-refractivity contribution is 6.02.